The summed E-state index contributed by atoms with van der Waals surface area (Å²) < 4.78 is 2.00. The van der Waals surface area contributed by atoms with Gasteiger partial charge in [0.05, 0.1) is 18.0 Å². The van der Waals surface area contributed by atoms with Crippen molar-refractivity contribution in [3.8, 4) is 5.82 Å². The summed E-state index contributed by atoms with van der Waals surface area (Å²) in [4.78, 5) is 18.1. The second kappa shape index (κ2) is 3.81. The summed E-state index contributed by atoms with van der Waals surface area (Å²) in [5.74, 6) is 0.481. The van der Waals surface area contributed by atoms with Crippen molar-refractivity contribution in [2.24, 2.45) is 0 Å². The Morgan fingerprint density at radius 3 is 3.00 bits per heavy atom. The summed E-state index contributed by atoms with van der Waals surface area (Å²) in [6.07, 6.45) is 3.10. The highest BCUT2D eigenvalue weighted by Crippen LogP contribution is 2.19. The van der Waals surface area contributed by atoms with Gasteiger partial charge >= 0.3 is 0 Å². The van der Waals surface area contributed by atoms with Gasteiger partial charge in [-0.2, -0.15) is 5.10 Å². The van der Waals surface area contributed by atoms with E-state index >= 15 is 0 Å². The lowest BCUT2D eigenvalue weighted by Crippen LogP contribution is -2.12. The Hall–Kier alpha value is -1.95. The van der Waals surface area contributed by atoms with E-state index in [0.717, 1.165) is 10.9 Å². The maximum Gasteiger partial charge on any atom is 0.267 e. The molecule has 0 unspecified atom stereocenters. The number of hydrogen-bond acceptors (Lipinski definition) is 3. The van der Waals surface area contributed by atoms with Crippen molar-refractivity contribution in [1.29, 1.82) is 0 Å². The zero-order valence-electron chi connectivity index (χ0n) is 8.59. The van der Waals surface area contributed by atoms with Crippen LogP contribution in [0.15, 0.2) is 46.1 Å². The van der Waals surface area contributed by atoms with E-state index < -0.39 is 0 Å². The molecule has 0 aliphatic carbocycles. The topological polar surface area (TPSA) is 63.6 Å². The molecule has 0 saturated carbocycles. The third kappa shape index (κ3) is 1.57. The zero-order valence-corrected chi connectivity index (χ0v) is 10.2. The minimum Gasteiger partial charge on any atom is -0.312 e. The number of nitrogens with zero attached hydrogens (tertiary/aromatic N) is 3. The molecular formula is C11H7BrN4O. The lowest BCUT2D eigenvalue weighted by atomic mass is 10.2. The Labute approximate surface area is 104 Å². The van der Waals surface area contributed by atoms with Gasteiger partial charge in [-0.3, -0.25) is 4.79 Å². The Kier molecular flexibility index (Phi) is 2.29. The Morgan fingerprint density at radius 2 is 2.12 bits per heavy atom. The van der Waals surface area contributed by atoms with E-state index in [0.29, 0.717) is 10.3 Å². The molecule has 6 heteroatoms. The maximum atomic E-state index is 11.5. The summed E-state index contributed by atoms with van der Waals surface area (Å²) in [5, 5.41) is 5.24. The van der Waals surface area contributed by atoms with E-state index in [4.69, 9.17) is 0 Å². The lowest BCUT2D eigenvalue weighted by Gasteiger charge is -2.03. The fraction of sp³-hybridized carbons (Fsp3) is 0. The van der Waals surface area contributed by atoms with E-state index in [1.807, 2.05) is 24.3 Å². The van der Waals surface area contributed by atoms with Crippen LogP contribution in [0.1, 0.15) is 0 Å². The van der Waals surface area contributed by atoms with E-state index in [2.05, 4.69) is 31.0 Å². The molecule has 0 fully saturated rings. The van der Waals surface area contributed by atoms with Gasteiger partial charge in [-0.15, -0.1) is 0 Å². The molecule has 2 aromatic heterocycles. The maximum absolute atomic E-state index is 11.5. The monoisotopic (exact) mass is 290 g/mol. The SMILES string of the molecule is O=c1[nH]cnc(-n2ncc3ccccc32)c1Br. The van der Waals surface area contributed by atoms with Crippen LogP contribution in [0.4, 0.5) is 0 Å². The molecule has 5 nitrogen and oxygen atoms in total. The fourth-order valence-electron chi connectivity index (χ4n) is 1.66. The van der Waals surface area contributed by atoms with Gasteiger partial charge in [0.15, 0.2) is 5.82 Å². The van der Waals surface area contributed by atoms with Gasteiger partial charge in [0, 0.05) is 5.39 Å². The van der Waals surface area contributed by atoms with Crippen molar-refractivity contribution in [3.63, 3.8) is 0 Å². The van der Waals surface area contributed by atoms with Crippen LogP contribution < -0.4 is 5.56 Å². The number of H-pyrrole nitrogens is 1. The molecule has 3 aromatic rings. The normalized spacial score (nSPS) is 10.9. The summed E-state index contributed by atoms with van der Waals surface area (Å²) in [6.45, 7) is 0. The second-order valence-electron chi connectivity index (χ2n) is 3.48. The molecule has 1 aromatic carbocycles. The lowest BCUT2D eigenvalue weighted by molar-refractivity contribution is 0.853. The highest BCUT2D eigenvalue weighted by Gasteiger charge is 2.10. The zero-order chi connectivity index (χ0) is 11.8. The molecule has 17 heavy (non-hydrogen) atoms. The molecule has 3 rings (SSSR count). The molecule has 0 atom stereocenters. The highest BCUT2D eigenvalue weighted by molar-refractivity contribution is 9.10. The van der Waals surface area contributed by atoms with E-state index in [-0.39, 0.29) is 5.56 Å². The largest absolute Gasteiger partial charge is 0.312 e. The van der Waals surface area contributed by atoms with Crippen LogP contribution in [0.5, 0.6) is 0 Å². The molecule has 0 aliphatic rings. The third-order valence-corrected chi connectivity index (χ3v) is 3.17. The van der Waals surface area contributed by atoms with Gasteiger partial charge < -0.3 is 4.98 Å². The predicted octanol–water partition coefficient (Wildman–Crippen LogP) is 1.87. The van der Waals surface area contributed by atoms with Crippen LogP contribution in [0.25, 0.3) is 16.7 Å². The number of nitrogens with one attached hydrogen (secondary N) is 1. The quantitative estimate of drug-likeness (QED) is 0.744. The second-order valence-corrected chi connectivity index (χ2v) is 4.28. The van der Waals surface area contributed by atoms with Crippen molar-refractivity contribution in [3.05, 3.63) is 51.6 Å². The average Bonchev–Trinajstić information content (AvgIpc) is 2.77. The minimum atomic E-state index is -0.227. The average molecular weight is 291 g/mol. The number of halogens is 1. The van der Waals surface area contributed by atoms with Crippen molar-refractivity contribution >= 4 is 26.8 Å². The van der Waals surface area contributed by atoms with Gasteiger partial charge in [-0.1, -0.05) is 18.2 Å². The number of para-hydroxylation sites is 1. The first kappa shape index (κ1) is 10.2. The standard InChI is InChI=1S/C11H7BrN4O/c12-9-10(13-6-14-11(9)17)16-8-4-2-1-3-7(8)5-15-16/h1-6H,(H,13,14,17). The van der Waals surface area contributed by atoms with E-state index in [1.54, 1.807) is 10.9 Å². The minimum absolute atomic E-state index is 0.227. The summed E-state index contributed by atoms with van der Waals surface area (Å²) in [7, 11) is 0. The van der Waals surface area contributed by atoms with Crippen LogP contribution in [-0.2, 0) is 0 Å². The number of rotatable bonds is 1. The van der Waals surface area contributed by atoms with E-state index in [9.17, 15) is 4.79 Å². The van der Waals surface area contributed by atoms with Gasteiger partial charge in [0.2, 0.25) is 0 Å². The third-order valence-electron chi connectivity index (χ3n) is 2.46. The Morgan fingerprint density at radius 1 is 1.29 bits per heavy atom. The Bertz CT molecular complexity index is 746. The van der Waals surface area contributed by atoms with Crippen LogP contribution in [0.2, 0.25) is 0 Å². The number of fused-ring (bicyclic) bond motifs is 1. The molecule has 0 bridgehead atoms. The summed E-state index contributed by atoms with van der Waals surface area (Å²) >= 11 is 3.22. The molecule has 2 heterocycles. The fourth-order valence-corrected chi connectivity index (χ4v) is 2.05. The van der Waals surface area contributed by atoms with Gasteiger partial charge in [-0.25, -0.2) is 9.67 Å². The number of aromatic amines is 1. The van der Waals surface area contributed by atoms with Gasteiger partial charge in [0.1, 0.15) is 4.47 Å². The number of benzene rings is 1. The van der Waals surface area contributed by atoms with Crippen LogP contribution in [-0.4, -0.2) is 19.7 Å². The summed E-state index contributed by atoms with van der Waals surface area (Å²) in [6, 6.07) is 7.74. The first-order valence-corrected chi connectivity index (χ1v) is 5.73. The van der Waals surface area contributed by atoms with Crippen LogP contribution in [0.3, 0.4) is 0 Å². The highest BCUT2D eigenvalue weighted by atomic mass is 79.9. The molecule has 0 saturated heterocycles. The first-order valence-electron chi connectivity index (χ1n) is 4.94. The Balaban J connectivity index is 2.35. The van der Waals surface area contributed by atoms with Crippen molar-refractivity contribution in [2.45, 2.75) is 0 Å². The first-order chi connectivity index (χ1) is 8.27. The number of aromatic nitrogens is 4. The van der Waals surface area contributed by atoms with Crippen molar-refractivity contribution in [2.75, 3.05) is 0 Å². The smallest absolute Gasteiger partial charge is 0.267 e. The van der Waals surface area contributed by atoms with Crippen LogP contribution >= 0.6 is 15.9 Å². The molecule has 0 spiro atoms. The molecule has 84 valence electrons. The number of hydrogen-bond donors (Lipinski definition) is 1. The summed E-state index contributed by atoms with van der Waals surface area (Å²) in [5.41, 5.74) is 0.681. The molecule has 1 N–H and O–H groups in total. The molecule has 0 amide bonds. The predicted molar refractivity (Wildman–Crippen MR) is 67.2 cm³/mol. The molecular weight excluding hydrogens is 284 g/mol. The van der Waals surface area contributed by atoms with Crippen LogP contribution in [0, 0.1) is 0 Å². The van der Waals surface area contributed by atoms with Gasteiger partial charge in [0.25, 0.3) is 5.56 Å². The van der Waals surface area contributed by atoms with Gasteiger partial charge in [-0.05, 0) is 22.0 Å². The molecule has 0 radical (unpaired) electrons. The van der Waals surface area contributed by atoms with Crippen molar-refractivity contribution < 1.29 is 0 Å². The van der Waals surface area contributed by atoms with E-state index in [1.165, 1.54) is 6.33 Å². The van der Waals surface area contributed by atoms with Crippen molar-refractivity contribution in [1.82, 2.24) is 19.7 Å². The molecule has 0 aliphatic heterocycles.